The van der Waals surface area contributed by atoms with Gasteiger partial charge < -0.3 is 0 Å². The highest BCUT2D eigenvalue weighted by Crippen LogP contribution is 2.35. The van der Waals surface area contributed by atoms with Crippen molar-refractivity contribution >= 4 is 37.2 Å². The van der Waals surface area contributed by atoms with Gasteiger partial charge in [0.05, 0.1) is 0 Å². The quantitative estimate of drug-likeness (QED) is 0.555. The van der Waals surface area contributed by atoms with Crippen molar-refractivity contribution < 1.29 is 0 Å². The number of thiophene rings is 1. The maximum Gasteiger partial charge on any atom is 0.0392 e. The fourth-order valence-corrected chi connectivity index (χ4v) is 3.33. The van der Waals surface area contributed by atoms with Crippen LogP contribution in [0.3, 0.4) is 0 Å². The molecule has 0 bridgehead atoms. The van der Waals surface area contributed by atoms with E-state index in [0.717, 1.165) is 5.71 Å². The third-order valence-corrected chi connectivity index (χ3v) is 4.26. The van der Waals surface area contributed by atoms with E-state index in [4.69, 9.17) is 0 Å². The van der Waals surface area contributed by atoms with Crippen LogP contribution in [0.2, 0.25) is 0 Å². The molecule has 1 aromatic heterocycles. The molecule has 0 amide bonds. The zero-order valence-corrected chi connectivity index (χ0v) is 10.7. The Bertz CT molecular complexity index is 722. The van der Waals surface area contributed by atoms with Crippen molar-refractivity contribution in [3.63, 3.8) is 0 Å². The van der Waals surface area contributed by atoms with Gasteiger partial charge in [-0.3, -0.25) is 4.99 Å². The van der Waals surface area contributed by atoms with Crippen molar-refractivity contribution in [1.82, 2.24) is 0 Å². The Morgan fingerprint density at radius 1 is 1.00 bits per heavy atom. The van der Waals surface area contributed by atoms with Gasteiger partial charge in [0.25, 0.3) is 0 Å². The number of nitrogens with zero attached hydrogens (tertiary/aromatic N) is 1. The van der Waals surface area contributed by atoms with Crippen LogP contribution in [0.25, 0.3) is 20.2 Å². The van der Waals surface area contributed by atoms with Crippen molar-refractivity contribution in [2.45, 2.75) is 6.92 Å². The van der Waals surface area contributed by atoms with E-state index < -0.39 is 0 Å². The maximum atomic E-state index is 4.32. The molecule has 2 aromatic carbocycles. The summed E-state index contributed by atoms with van der Waals surface area (Å²) in [6, 6.07) is 15.0. The Hall–Kier alpha value is -1.67. The number of fused-ring (bicyclic) bond motifs is 3. The molecule has 0 radical (unpaired) electrons. The lowest BCUT2D eigenvalue weighted by molar-refractivity contribution is 1.42. The molecule has 0 atom stereocenters. The van der Waals surface area contributed by atoms with Gasteiger partial charge in [-0.2, -0.15) is 0 Å². The van der Waals surface area contributed by atoms with Crippen LogP contribution >= 0.6 is 11.3 Å². The van der Waals surface area contributed by atoms with Gasteiger partial charge in [0.15, 0.2) is 0 Å². The summed E-state index contributed by atoms with van der Waals surface area (Å²) in [5.41, 5.74) is 2.35. The minimum absolute atomic E-state index is 1.10. The van der Waals surface area contributed by atoms with Gasteiger partial charge in [-0.05, 0) is 19.1 Å². The number of aliphatic imine (C=N–C) groups is 1. The summed E-state index contributed by atoms with van der Waals surface area (Å²) in [7, 11) is 1.85. The molecule has 0 spiro atoms. The van der Waals surface area contributed by atoms with E-state index in [0.29, 0.717) is 0 Å². The lowest BCUT2D eigenvalue weighted by Crippen LogP contribution is -1.94. The first-order chi connectivity index (χ1) is 8.31. The molecule has 0 unspecified atom stereocenters. The van der Waals surface area contributed by atoms with E-state index in [1.54, 1.807) is 0 Å². The van der Waals surface area contributed by atoms with Crippen LogP contribution in [0, 0.1) is 0 Å². The predicted molar refractivity (Wildman–Crippen MR) is 77.5 cm³/mol. The molecular formula is C15H13NS. The Kier molecular flexibility index (Phi) is 2.45. The second-order valence-corrected chi connectivity index (χ2v) is 5.17. The first-order valence-electron chi connectivity index (χ1n) is 5.65. The van der Waals surface area contributed by atoms with Crippen LogP contribution in [0.15, 0.2) is 47.5 Å². The number of rotatable bonds is 1. The summed E-state index contributed by atoms with van der Waals surface area (Å²) >= 11 is 1.85. The monoisotopic (exact) mass is 239 g/mol. The third-order valence-electron chi connectivity index (χ3n) is 3.13. The smallest absolute Gasteiger partial charge is 0.0392 e. The van der Waals surface area contributed by atoms with E-state index in [2.05, 4.69) is 54.4 Å². The number of benzene rings is 2. The Morgan fingerprint density at radius 3 is 2.59 bits per heavy atom. The molecule has 0 aliphatic heterocycles. The summed E-state index contributed by atoms with van der Waals surface area (Å²) < 4.78 is 2.69. The van der Waals surface area contributed by atoms with Crippen molar-refractivity contribution in [2.75, 3.05) is 7.05 Å². The molecule has 2 heteroatoms. The molecular weight excluding hydrogens is 226 g/mol. The Labute approximate surface area is 104 Å². The van der Waals surface area contributed by atoms with Crippen LogP contribution in [0.1, 0.15) is 12.5 Å². The molecule has 1 heterocycles. The molecule has 0 aliphatic carbocycles. The fraction of sp³-hybridized carbons (Fsp3) is 0.133. The normalized spacial score (nSPS) is 12.5. The van der Waals surface area contributed by atoms with E-state index in [1.165, 1.54) is 25.7 Å². The molecule has 0 fully saturated rings. The van der Waals surface area contributed by atoms with Gasteiger partial charge in [0.1, 0.15) is 0 Å². The Morgan fingerprint density at radius 2 is 1.76 bits per heavy atom. The van der Waals surface area contributed by atoms with Gasteiger partial charge in [-0.15, -0.1) is 11.3 Å². The van der Waals surface area contributed by atoms with Gasteiger partial charge in [0, 0.05) is 38.5 Å². The van der Waals surface area contributed by atoms with Crippen molar-refractivity contribution in [2.24, 2.45) is 4.99 Å². The Balaban J connectivity index is 2.52. The summed E-state index contributed by atoms with van der Waals surface area (Å²) in [4.78, 5) is 4.32. The third kappa shape index (κ3) is 1.56. The average molecular weight is 239 g/mol. The molecule has 17 heavy (non-hydrogen) atoms. The van der Waals surface area contributed by atoms with Crippen LogP contribution in [0.5, 0.6) is 0 Å². The molecule has 1 nitrogen and oxygen atoms in total. The summed E-state index contributed by atoms with van der Waals surface area (Å²) in [5, 5.41) is 2.68. The van der Waals surface area contributed by atoms with Gasteiger partial charge >= 0.3 is 0 Å². The second-order valence-electron chi connectivity index (χ2n) is 4.09. The first kappa shape index (κ1) is 10.5. The molecule has 84 valence electrons. The highest BCUT2D eigenvalue weighted by Gasteiger charge is 2.09. The summed E-state index contributed by atoms with van der Waals surface area (Å²) in [6.07, 6.45) is 0. The zero-order chi connectivity index (χ0) is 11.8. The molecule has 0 aliphatic rings. The largest absolute Gasteiger partial charge is 0.293 e. The minimum Gasteiger partial charge on any atom is -0.293 e. The molecule has 0 N–H and O–H groups in total. The topological polar surface area (TPSA) is 12.4 Å². The van der Waals surface area contributed by atoms with Gasteiger partial charge in [-0.1, -0.05) is 30.3 Å². The van der Waals surface area contributed by atoms with Crippen LogP contribution < -0.4 is 0 Å². The fourth-order valence-electron chi connectivity index (χ4n) is 2.20. The molecule has 0 saturated heterocycles. The average Bonchev–Trinajstić information content (AvgIpc) is 2.76. The van der Waals surface area contributed by atoms with E-state index >= 15 is 0 Å². The maximum absolute atomic E-state index is 4.32. The van der Waals surface area contributed by atoms with Crippen molar-refractivity contribution in [1.29, 1.82) is 0 Å². The molecule has 3 rings (SSSR count). The second kappa shape index (κ2) is 3.97. The van der Waals surface area contributed by atoms with E-state index in [1.807, 2.05) is 18.4 Å². The van der Waals surface area contributed by atoms with E-state index in [9.17, 15) is 0 Å². The molecule has 3 aromatic rings. The number of hydrogen-bond acceptors (Lipinski definition) is 2. The predicted octanol–water partition coefficient (Wildman–Crippen LogP) is 4.49. The minimum atomic E-state index is 1.10. The summed E-state index contributed by atoms with van der Waals surface area (Å²) in [6.45, 7) is 2.07. The SMILES string of the molecule is CN=C(C)c1cccc2sc3ccccc3c12. The van der Waals surface area contributed by atoms with Gasteiger partial charge in [-0.25, -0.2) is 0 Å². The van der Waals surface area contributed by atoms with E-state index in [-0.39, 0.29) is 0 Å². The zero-order valence-electron chi connectivity index (χ0n) is 9.90. The standard InChI is InChI=1S/C15H13NS/c1-10(16-2)11-7-5-9-14-15(11)12-6-3-4-8-13(12)17-14/h3-9H,1-2H3. The highest BCUT2D eigenvalue weighted by molar-refractivity contribution is 7.25. The first-order valence-corrected chi connectivity index (χ1v) is 6.47. The molecule has 0 saturated carbocycles. The van der Waals surface area contributed by atoms with Gasteiger partial charge in [0.2, 0.25) is 0 Å². The summed E-state index contributed by atoms with van der Waals surface area (Å²) in [5.74, 6) is 0. The van der Waals surface area contributed by atoms with Crippen LogP contribution in [-0.4, -0.2) is 12.8 Å². The lowest BCUT2D eigenvalue weighted by Gasteiger charge is -2.02. The van der Waals surface area contributed by atoms with Crippen LogP contribution in [0.4, 0.5) is 0 Å². The highest BCUT2D eigenvalue weighted by atomic mass is 32.1. The van der Waals surface area contributed by atoms with Crippen molar-refractivity contribution in [3.05, 3.63) is 48.0 Å². The number of hydrogen-bond donors (Lipinski definition) is 0. The lowest BCUT2D eigenvalue weighted by atomic mass is 10.0. The van der Waals surface area contributed by atoms with Crippen LogP contribution in [-0.2, 0) is 0 Å². The van der Waals surface area contributed by atoms with Crippen molar-refractivity contribution in [3.8, 4) is 0 Å².